The normalized spacial score (nSPS) is 16.9. The molecule has 2 heteroatoms. The fraction of sp³-hybridized carbons (Fsp3) is 0.667. The maximum Gasteiger partial charge on any atom is 0.0661 e. The standard InChI is InChI=1S/C18H29NO/c1-3-15-8-10-17(11-9-15)18(19-4-2)14-20-13-12-16-6-5-7-16/h8-11,16,18-19H,3-7,12-14H2,1-2H3. The summed E-state index contributed by atoms with van der Waals surface area (Å²) < 4.78 is 5.90. The lowest BCUT2D eigenvalue weighted by Crippen LogP contribution is -2.26. The lowest BCUT2D eigenvalue weighted by Gasteiger charge is -2.25. The molecule has 0 radical (unpaired) electrons. The summed E-state index contributed by atoms with van der Waals surface area (Å²) in [5.74, 6) is 0.941. The third-order valence-electron chi connectivity index (χ3n) is 4.42. The van der Waals surface area contributed by atoms with Crippen molar-refractivity contribution in [3.63, 3.8) is 0 Å². The Morgan fingerprint density at radius 3 is 2.50 bits per heavy atom. The first-order chi connectivity index (χ1) is 9.83. The van der Waals surface area contributed by atoms with Gasteiger partial charge < -0.3 is 10.1 Å². The van der Waals surface area contributed by atoms with Crippen molar-refractivity contribution in [2.75, 3.05) is 19.8 Å². The van der Waals surface area contributed by atoms with Crippen molar-refractivity contribution in [3.05, 3.63) is 35.4 Å². The first kappa shape index (κ1) is 15.5. The molecule has 112 valence electrons. The third kappa shape index (κ3) is 4.60. The second-order valence-corrected chi connectivity index (χ2v) is 5.87. The van der Waals surface area contributed by atoms with Gasteiger partial charge in [-0.2, -0.15) is 0 Å². The van der Waals surface area contributed by atoms with Gasteiger partial charge in [-0.15, -0.1) is 0 Å². The summed E-state index contributed by atoms with van der Waals surface area (Å²) in [6.07, 6.45) is 6.60. The van der Waals surface area contributed by atoms with Gasteiger partial charge in [0.05, 0.1) is 12.6 Å². The molecule has 1 N–H and O–H groups in total. The molecule has 0 amide bonds. The summed E-state index contributed by atoms with van der Waals surface area (Å²) >= 11 is 0. The number of rotatable bonds is 9. The highest BCUT2D eigenvalue weighted by Gasteiger charge is 2.17. The number of ether oxygens (including phenoxy) is 1. The van der Waals surface area contributed by atoms with Crippen LogP contribution in [-0.4, -0.2) is 19.8 Å². The average molecular weight is 275 g/mol. The van der Waals surface area contributed by atoms with Crippen molar-refractivity contribution in [2.24, 2.45) is 5.92 Å². The Balaban J connectivity index is 1.78. The zero-order valence-corrected chi connectivity index (χ0v) is 13.0. The fourth-order valence-electron chi connectivity index (χ4n) is 2.74. The van der Waals surface area contributed by atoms with Gasteiger partial charge in [0.2, 0.25) is 0 Å². The maximum absolute atomic E-state index is 5.90. The zero-order chi connectivity index (χ0) is 14.2. The Hall–Kier alpha value is -0.860. The number of aryl methyl sites for hydroxylation is 1. The van der Waals surface area contributed by atoms with Gasteiger partial charge in [-0.1, -0.05) is 57.4 Å². The van der Waals surface area contributed by atoms with Gasteiger partial charge in [-0.25, -0.2) is 0 Å². The molecule has 1 aliphatic rings. The SMILES string of the molecule is CCNC(COCCC1CCC1)c1ccc(CC)cc1. The molecule has 0 aliphatic heterocycles. The number of nitrogens with one attached hydrogen (secondary N) is 1. The van der Waals surface area contributed by atoms with Gasteiger partial charge in [-0.05, 0) is 36.4 Å². The van der Waals surface area contributed by atoms with Gasteiger partial charge in [0.1, 0.15) is 0 Å². The predicted octanol–water partition coefficient (Wildman–Crippen LogP) is 4.11. The highest BCUT2D eigenvalue weighted by molar-refractivity contribution is 5.25. The molecule has 2 nitrogen and oxygen atoms in total. The van der Waals surface area contributed by atoms with Crippen molar-refractivity contribution < 1.29 is 4.74 Å². The molecule has 0 heterocycles. The second kappa shape index (κ2) is 8.43. The van der Waals surface area contributed by atoms with E-state index in [2.05, 4.69) is 43.4 Å². The van der Waals surface area contributed by atoms with Gasteiger partial charge in [0, 0.05) is 6.61 Å². The van der Waals surface area contributed by atoms with E-state index in [-0.39, 0.29) is 0 Å². The molecule has 1 atom stereocenters. The van der Waals surface area contributed by atoms with Crippen LogP contribution in [0.15, 0.2) is 24.3 Å². The van der Waals surface area contributed by atoms with Crippen molar-refractivity contribution in [1.29, 1.82) is 0 Å². The van der Waals surface area contributed by atoms with E-state index in [1.807, 2.05) is 0 Å². The highest BCUT2D eigenvalue weighted by atomic mass is 16.5. The molecule has 1 aliphatic carbocycles. The molecule has 1 aromatic rings. The van der Waals surface area contributed by atoms with Gasteiger partial charge in [-0.3, -0.25) is 0 Å². The first-order valence-electron chi connectivity index (χ1n) is 8.23. The molecule has 1 saturated carbocycles. The van der Waals surface area contributed by atoms with E-state index < -0.39 is 0 Å². The van der Waals surface area contributed by atoms with E-state index >= 15 is 0 Å². The van der Waals surface area contributed by atoms with Crippen molar-refractivity contribution in [2.45, 2.75) is 52.0 Å². The monoisotopic (exact) mass is 275 g/mol. The predicted molar refractivity (Wildman–Crippen MR) is 85.0 cm³/mol. The van der Waals surface area contributed by atoms with E-state index in [1.165, 1.54) is 36.8 Å². The Labute approximate surface area is 123 Å². The van der Waals surface area contributed by atoms with Crippen LogP contribution < -0.4 is 5.32 Å². The minimum atomic E-state index is 0.326. The number of likely N-dealkylation sites (N-methyl/N-ethyl adjacent to an activating group) is 1. The second-order valence-electron chi connectivity index (χ2n) is 5.87. The molecule has 20 heavy (non-hydrogen) atoms. The minimum absolute atomic E-state index is 0.326. The molecule has 1 fully saturated rings. The molecular weight excluding hydrogens is 246 g/mol. The number of hydrogen-bond acceptors (Lipinski definition) is 2. The Morgan fingerprint density at radius 2 is 1.95 bits per heavy atom. The Kier molecular flexibility index (Phi) is 6.55. The number of benzene rings is 1. The molecule has 1 unspecified atom stereocenters. The van der Waals surface area contributed by atoms with E-state index in [0.29, 0.717) is 6.04 Å². The van der Waals surface area contributed by atoms with Gasteiger partial charge in [0.25, 0.3) is 0 Å². The van der Waals surface area contributed by atoms with Crippen LogP contribution in [0, 0.1) is 5.92 Å². The average Bonchev–Trinajstić information content (AvgIpc) is 2.44. The number of hydrogen-bond donors (Lipinski definition) is 1. The summed E-state index contributed by atoms with van der Waals surface area (Å²) in [6.45, 7) is 7.03. The Bertz CT molecular complexity index is 370. The van der Waals surface area contributed by atoms with Gasteiger partial charge in [0.15, 0.2) is 0 Å². The van der Waals surface area contributed by atoms with Crippen LogP contribution >= 0.6 is 0 Å². The van der Waals surface area contributed by atoms with E-state index in [0.717, 1.165) is 32.1 Å². The molecular formula is C18H29NO. The maximum atomic E-state index is 5.90. The van der Waals surface area contributed by atoms with Gasteiger partial charge >= 0.3 is 0 Å². The van der Waals surface area contributed by atoms with Crippen molar-refractivity contribution >= 4 is 0 Å². The molecule has 0 spiro atoms. The summed E-state index contributed by atoms with van der Waals surface area (Å²) in [6, 6.07) is 9.26. The van der Waals surface area contributed by atoms with Crippen LogP contribution in [0.5, 0.6) is 0 Å². The Morgan fingerprint density at radius 1 is 1.20 bits per heavy atom. The van der Waals surface area contributed by atoms with Crippen molar-refractivity contribution in [3.8, 4) is 0 Å². The van der Waals surface area contributed by atoms with Crippen LogP contribution in [0.25, 0.3) is 0 Å². The van der Waals surface area contributed by atoms with Crippen LogP contribution in [0.4, 0.5) is 0 Å². The van der Waals surface area contributed by atoms with Crippen molar-refractivity contribution in [1.82, 2.24) is 5.32 Å². The zero-order valence-electron chi connectivity index (χ0n) is 13.0. The van der Waals surface area contributed by atoms with Crippen LogP contribution in [-0.2, 0) is 11.2 Å². The highest BCUT2D eigenvalue weighted by Crippen LogP contribution is 2.29. The topological polar surface area (TPSA) is 21.3 Å². The molecule has 2 rings (SSSR count). The van der Waals surface area contributed by atoms with E-state index in [9.17, 15) is 0 Å². The van der Waals surface area contributed by atoms with Crippen LogP contribution in [0.1, 0.15) is 56.7 Å². The largest absolute Gasteiger partial charge is 0.379 e. The van der Waals surface area contributed by atoms with Crippen LogP contribution in [0.3, 0.4) is 0 Å². The fourth-order valence-corrected chi connectivity index (χ4v) is 2.74. The van der Waals surface area contributed by atoms with E-state index in [4.69, 9.17) is 4.74 Å². The summed E-state index contributed by atoms with van der Waals surface area (Å²) in [5.41, 5.74) is 2.74. The molecule has 0 bridgehead atoms. The van der Waals surface area contributed by atoms with Crippen LogP contribution in [0.2, 0.25) is 0 Å². The third-order valence-corrected chi connectivity index (χ3v) is 4.42. The summed E-state index contributed by atoms with van der Waals surface area (Å²) in [4.78, 5) is 0. The van der Waals surface area contributed by atoms with E-state index in [1.54, 1.807) is 0 Å². The lowest BCUT2D eigenvalue weighted by atomic mass is 9.83. The minimum Gasteiger partial charge on any atom is -0.379 e. The molecule has 0 saturated heterocycles. The smallest absolute Gasteiger partial charge is 0.0661 e. The lowest BCUT2D eigenvalue weighted by molar-refractivity contribution is 0.0891. The summed E-state index contributed by atoms with van der Waals surface area (Å²) in [5, 5.41) is 3.53. The molecule has 1 aromatic carbocycles. The summed E-state index contributed by atoms with van der Waals surface area (Å²) in [7, 11) is 0. The molecule has 0 aromatic heterocycles. The first-order valence-corrected chi connectivity index (χ1v) is 8.23. The quantitative estimate of drug-likeness (QED) is 0.685.